The Bertz CT molecular complexity index is 530. The highest BCUT2D eigenvalue weighted by Crippen LogP contribution is 2.11. The second kappa shape index (κ2) is 11.0. The summed E-state index contributed by atoms with van der Waals surface area (Å²) in [5.41, 5.74) is 0. The molecule has 1 aliphatic heterocycles. The number of piperidine rings is 1. The number of hydrogen-bond acceptors (Lipinski definition) is 4. The maximum atomic E-state index is 11.7. The Morgan fingerprint density at radius 3 is 2.54 bits per heavy atom. The average molecular weight is 448 g/mol. The molecule has 0 unspecified atom stereocenters. The molecule has 0 radical (unpaired) electrons. The fourth-order valence-corrected chi connectivity index (χ4v) is 2.44. The molecule has 134 valence electrons. The van der Waals surface area contributed by atoms with Crippen molar-refractivity contribution >= 4 is 41.8 Å². The Balaban J connectivity index is 0.00000288. The number of halogens is 1. The number of amides is 2. The molecule has 1 saturated heterocycles. The number of rotatable bonds is 7. The number of nitrogens with one attached hydrogen (secondary N) is 2. The van der Waals surface area contributed by atoms with Gasteiger partial charge in [0, 0.05) is 58.5 Å². The first-order valence-corrected chi connectivity index (χ1v) is 7.96. The van der Waals surface area contributed by atoms with Crippen LogP contribution in [0.2, 0.25) is 0 Å². The van der Waals surface area contributed by atoms with Crippen LogP contribution in [-0.4, -0.2) is 59.1 Å². The number of guanidine groups is 1. The maximum Gasteiger partial charge on any atom is 0.229 e. The lowest BCUT2D eigenvalue weighted by molar-refractivity contribution is -0.147. The molecule has 0 atom stereocenters. The first-order chi connectivity index (χ1) is 11.2. The van der Waals surface area contributed by atoms with Crippen LogP contribution in [0, 0.1) is 0 Å². The summed E-state index contributed by atoms with van der Waals surface area (Å²) in [6.45, 7) is 2.48. The molecular weight excluding hydrogens is 423 g/mol. The van der Waals surface area contributed by atoms with Gasteiger partial charge in [-0.05, 0) is 18.9 Å². The van der Waals surface area contributed by atoms with E-state index < -0.39 is 0 Å². The van der Waals surface area contributed by atoms with Crippen LogP contribution in [-0.2, 0) is 16.1 Å². The zero-order valence-corrected chi connectivity index (χ0v) is 16.2. The van der Waals surface area contributed by atoms with E-state index >= 15 is 0 Å². The predicted octanol–water partition coefficient (Wildman–Crippen LogP) is 0.595. The third kappa shape index (κ3) is 6.46. The SMILES string of the molecule is CN=C(NCCCn1cccn1)NCCN1C(=O)CCCC1=O.I. The standard InChI is InChI=1S/C15H24N6O2.HI/c1-16-15(17-7-3-10-20-11-4-8-19-20)18-9-12-21-13(22)5-2-6-14(21)23;/h4,8,11H,2-3,5-7,9-10,12H2,1H3,(H2,16,17,18);1H. The molecule has 1 aromatic rings. The summed E-state index contributed by atoms with van der Waals surface area (Å²) in [6.07, 6.45) is 6.21. The number of carbonyl (C=O) groups excluding carboxylic acids is 2. The third-order valence-corrected chi connectivity index (χ3v) is 3.65. The number of nitrogens with zero attached hydrogens (tertiary/aromatic N) is 4. The van der Waals surface area contributed by atoms with Crippen molar-refractivity contribution in [1.82, 2.24) is 25.3 Å². The molecule has 1 aromatic heterocycles. The Kier molecular flexibility index (Phi) is 9.35. The van der Waals surface area contributed by atoms with Crippen LogP contribution in [0.5, 0.6) is 0 Å². The lowest BCUT2D eigenvalue weighted by atomic mass is 10.1. The quantitative estimate of drug-likeness (QED) is 0.210. The van der Waals surface area contributed by atoms with Gasteiger partial charge in [-0.3, -0.25) is 24.2 Å². The highest BCUT2D eigenvalue weighted by Gasteiger charge is 2.25. The molecule has 1 aliphatic rings. The lowest BCUT2D eigenvalue weighted by Gasteiger charge is -2.25. The van der Waals surface area contributed by atoms with Gasteiger partial charge in [-0.25, -0.2) is 0 Å². The topological polar surface area (TPSA) is 91.6 Å². The van der Waals surface area contributed by atoms with Crippen molar-refractivity contribution < 1.29 is 9.59 Å². The van der Waals surface area contributed by atoms with Crippen LogP contribution < -0.4 is 10.6 Å². The maximum absolute atomic E-state index is 11.7. The minimum absolute atomic E-state index is 0. The molecule has 2 heterocycles. The zero-order chi connectivity index (χ0) is 16.5. The monoisotopic (exact) mass is 448 g/mol. The van der Waals surface area contributed by atoms with Crippen LogP contribution in [0.25, 0.3) is 0 Å². The molecule has 2 N–H and O–H groups in total. The van der Waals surface area contributed by atoms with E-state index in [-0.39, 0.29) is 35.8 Å². The minimum Gasteiger partial charge on any atom is -0.356 e. The van der Waals surface area contributed by atoms with Gasteiger partial charge in [0.15, 0.2) is 5.96 Å². The molecule has 0 aliphatic carbocycles. The second-order valence-electron chi connectivity index (χ2n) is 5.34. The van der Waals surface area contributed by atoms with Gasteiger partial charge in [0.25, 0.3) is 0 Å². The van der Waals surface area contributed by atoms with Crippen LogP contribution in [0.3, 0.4) is 0 Å². The number of likely N-dealkylation sites (tertiary alicyclic amines) is 1. The minimum atomic E-state index is -0.0785. The average Bonchev–Trinajstić information content (AvgIpc) is 3.05. The van der Waals surface area contributed by atoms with Crippen molar-refractivity contribution in [2.45, 2.75) is 32.2 Å². The summed E-state index contributed by atoms with van der Waals surface area (Å²) in [4.78, 5) is 28.9. The largest absolute Gasteiger partial charge is 0.356 e. The van der Waals surface area contributed by atoms with Crippen molar-refractivity contribution in [3.8, 4) is 0 Å². The van der Waals surface area contributed by atoms with E-state index in [0.717, 1.165) is 19.5 Å². The van der Waals surface area contributed by atoms with E-state index in [1.807, 2.05) is 16.9 Å². The highest BCUT2D eigenvalue weighted by atomic mass is 127. The van der Waals surface area contributed by atoms with Crippen LogP contribution in [0.15, 0.2) is 23.5 Å². The molecule has 0 spiro atoms. The van der Waals surface area contributed by atoms with Gasteiger partial charge >= 0.3 is 0 Å². The zero-order valence-electron chi connectivity index (χ0n) is 13.9. The van der Waals surface area contributed by atoms with Gasteiger partial charge in [0.1, 0.15) is 0 Å². The number of carbonyl (C=O) groups is 2. The van der Waals surface area contributed by atoms with Crippen molar-refractivity contribution in [3.05, 3.63) is 18.5 Å². The summed E-state index contributed by atoms with van der Waals surface area (Å²) >= 11 is 0. The summed E-state index contributed by atoms with van der Waals surface area (Å²) < 4.78 is 1.88. The third-order valence-electron chi connectivity index (χ3n) is 3.65. The lowest BCUT2D eigenvalue weighted by Crippen LogP contribution is -2.46. The fourth-order valence-electron chi connectivity index (χ4n) is 2.44. The Labute approximate surface area is 159 Å². The summed E-state index contributed by atoms with van der Waals surface area (Å²) in [5.74, 6) is 0.512. The molecule has 2 rings (SSSR count). The fraction of sp³-hybridized carbons (Fsp3) is 0.600. The second-order valence-corrected chi connectivity index (χ2v) is 5.34. The summed E-state index contributed by atoms with van der Waals surface area (Å²) in [7, 11) is 1.69. The first kappa shape index (κ1) is 20.4. The predicted molar refractivity (Wildman–Crippen MR) is 102 cm³/mol. The molecule has 1 fully saturated rings. The molecule has 9 heteroatoms. The van der Waals surface area contributed by atoms with Crippen molar-refractivity contribution in [2.24, 2.45) is 4.99 Å². The molecule has 0 saturated carbocycles. The number of aromatic nitrogens is 2. The van der Waals surface area contributed by atoms with Crippen molar-refractivity contribution in [2.75, 3.05) is 26.7 Å². The van der Waals surface area contributed by atoms with Gasteiger partial charge in [-0.15, -0.1) is 24.0 Å². The van der Waals surface area contributed by atoms with Gasteiger partial charge in [-0.2, -0.15) is 5.10 Å². The molecule has 0 aromatic carbocycles. The van der Waals surface area contributed by atoms with Gasteiger partial charge in [0.05, 0.1) is 0 Å². The highest BCUT2D eigenvalue weighted by molar-refractivity contribution is 14.0. The Morgan fingerprint density at radius 1 is 1.21 bits per heavy atom. The summed E-state index contributed by atoms with van der Waals surface area (Å²) in [5, 5.41) is 10.5. The van der Waals surface area contributed by atoms with Crippen LogP contribution >= 0.6 is 24.0 Å². The number of hydrogen-bond donors (Lipinski definition) is 2. The van der Waals surface area contributed by atoms with Gasteiger partial charge in [0.2, 0.25) is 11.8 Å². The normalized spacial score (nSPS) is 15.2. The molecular formula is C15H25IN6O2. The van der Waals surface area contributed by atoms with Crippen LogP contribution in [0.1, 0.15) is 25.7 Å². The Morgan fingerprint density at radius 2 is 1.92 bits per heavy atom. The number of aliphatic imine (C=N–C) groups is 1. The van der Waals surface area contributed by atoms with E-state index in [2.05, 4.69) is 20.7 Å². The molecule has 24 heavy (non-hydrogen) atoms. The number of imide groups is 1. The summed E-state index contributed by atoms with van der Waals surface area (Å²) in [6, 6.07) is 1.90. The van der Waals surface area contributed by atoms with E-state index in [1.54, 1.807) is 13.2 Å². The van der Waals surface area contributed by atoms with Crippen molar-refractivity contribution in [1.29, 1.82) is 0 Å². The molecule has 8 nitrogen and oxygen atoms in total. The van der Waals surface area contributed by atoms with E-state index in [1.165, 1.54) is 4.90 Å². The Hall–Kier alpha value is -1.65. The van der Waals surface area contributed by atoms with E-state index in [9.17, 15) is 9.59 Å². The van der Waals surface area contributed by atoms with E-state index in [4.69, 9.17) is 0 Å². The molecule has 0 bridgehead atoms. The van der Waals surface area contributed by atoms with Gasteiger partial charge in [-0.1, -0.05) is 0 Å². The van der Waals surface area contributed by atoms with Crippen LogP contribution in [0.4, 0.5) is 0 Å². The van der Waals surface area contributed by atoms with Crippen molar-refractivity contribution in [3.63, 3.8) is 0 Å². The van der Waals surface area contributed by atoms with Gasteiger partial charge < -0.3 is 10.6 Å². The first-order valence-electron chi connectivity index (χ1n) is 7.96. The number of aryl methyl sites for hydroxylation is 1. The van der Waals surface area contributed by atoms with E-state index in [0.29, 0.717) is 38.3 Å². The molecule has 2 amide bonds. The smallest absolute Gasteiger partial charge is 0.229 e.